The molecule has 6 heteroatoms. The molecule has 1 fully saturated rings. The van der Waals surface area contributed by atoms with Crippen LogP contribution in [0, 0.1) is 6.92 Å². The van der Waals surface area contributed by atoms with Gasteiger partial charge in [-0.2, -0.15) is 0 Å². The quantitative estimate of drug-likeness (QED) is 0.543. The lowest BCUT2D eigenvalue weighted by molar-refractivity contribution is -0.148. The lowest BCUT2D eigenvalue weighted by atomic mass is 10.1. The third kappa shape index (κ3) is 5.73. The van der Waals surface area contributed by atoms with Crippen LogP contribution < -0.4 is 10.1 Å². The van der Waals surface area contributed by atoms with Gasteiger partial charge in [0.25, 0.3) is 0 Å². The van der Waals surface area contributed by atoms with Gasteiger partial charge in [0.15, 0.2) is 0 Å². The normalized spacial score (nSPS) is 16.1. The highest BCUT2D eigenvalue weighted by Gasteiger charge is 2.21. The number of benzene rings is 2. The highest BCUT2D eigenvalue weighted by atomic mass is 16.5. The van der Waals surface area contributed by atoms with Crippen LogP contribution in [0.15, 0.2) is 59.0 Å². The van der Waals surface area contributed by atoms with Crippen molar-refractivity contribution in [2.45, 2.75) is 45.3 Å². The van der Waals surface area contributed by atoms with E-state index in [0.717, 1.165) is 54.1 Å². The Morgan fingerprint density at radius 2 is 1.94 bits per heavy atom. The number of carbonyl (C=O) groups excluding carboxylic acids is 1. The van der Waals surface area contributed by atoms with Gasteiger partial charge in [-0.15, -0.1) is 0 Å². The zero-order chi connectivity index (χ0) is 21.5. The fourth-order valence-corrected chi connectivity index (χ4v) is 3.62. The van der Waals surface area contributed by atoms with E-state index in [0.29, 0.717) is 18.9 Å². The highest BCUT2D eigenvalue weighted by Crippen LogP contribution is 2.22. The molecule has 3 aromatic rings. The minimum absolute atomic E-state index is 0.168. The van der Waals surface area contributed by atoms with Crippen molar-refractivity contribution in [1.82, 2.24) is 10.3 Å². The Bertz CT molecular complexity index is 977. The summed E-state index contributed by atoms with van der Waals surface area (Å²) in [7, 11) is 0. The van der Waals surface area contributed by atoms with E-state index in [1.54, 1.807) is 0 Å². The molecule has 4 rings (SSSR count). The molecule has 1 aliphatic rings. The molecule has 0 radical (unpaired) electrons. The number of carbonyl (C=O) groups is 1. The molecule has 0 amide bonds. The number of aromatic nitrogens is 1. The fraction of sp³-hybridized carbons (Fsp3) is 0.360. The molecule has 1 atom stereocenters. The van der Waals surface area contributed by atoms with Crippen molar-refractivity contribution < 1.29 is 18.7 Å². The second-order valence-electron chi connectivity index (χ2n) is 7.74. The first-order valence-corrected chi connectivity index (χ1v) is 10.8. The molecule has 1 aliphatic heterocycles. The van der Waals surface area contributed by atoms with E-state index in [-0.39, 0.29) is 18.6 Å². The van der Waals surface area contributed by atoms with Gasteiger partial charge >= 0.3 is 5.97 Å². The minimum Gasteiger partial charge on any atom is -0.493 e. The first kappa shape index (κ1) is 21.1. The van der Waals surface area contributed by atoms with Crippen molar-refractivity contribution in [3.63, 3.8) is 0 Å². The second kappa shape index (κ2) is 10.3. The monoisotopic (exact) mass is 420 g/mol. The van der Waals surface area contributed by atoms with Crippen LogP contribution in [0.5, 0.6) is 5.75 Å². The van der Waals surface area contributed by atoms with Crippen molar-refractivity contribution in [1.29, 1.82) is 0 Å². The zero-order valence-corrected chi connectivity index (χ0v) is 17.8. The Morgan fingerprint density at radius 1 is 1.13 bits per heavy atom. The van der Waals surface area contributed by atoms with E-state index in [1.807, 2.05) is 61.5 Å². The van der Waals surface area contributed by atoms with Crippen LogP contribution in [0.25, 0.3) is 11.5 Å². The molecular formula is C25H28N2O4. The van der Waals surface area contributed by atoms with E-state index < -0.39 is 0 Å². The van der Waals surface area contributed by atoms with Crippen LogP contribution in [-0.2, 0) is 22.6 Å². The molecule has 0 aliphatic carbocycles. The van der Waals surface area contributed by atoms with Gasteiger partial charge in [0, 0.05) is 12.0 Å². The second-order valence-corrected chi connectivity index (χ2v) is 7.74. The summed E-state index contributed by atoms with van der Waals surface area (Å²) < 4.78 is 17.1. The van der Waals surface area contributed by atoms with Crippen molar-refractivity contribution in [3.8, 4) is 17.2 Å². The number of nitrogens with zero attached hydrogens (tertiary/aromatic N) is 1. The predicted octanol–water partition coefficient (Wildman–Crippen LogP) is 4.46. The molecule has 0 saturated carbocycles. The largest absolute Gasteiger partial charge is 0.493 e. The molecule has 2 aromatic carbocycles. The number of ether oxygens (including phenoxy) is 2. The number of nitrogens with one attached hydrogen (secondary N) is 1. The van der Waals surface area contributed by atoms with Crippen molar-refractivity contribution in [3.05, 3.63) is 71.6 Å². The Labute approximate surface area is 182 Å². The maximum absolute atomic E-state index is 12.1. The first-order valence-electron chi connectivity index (χ1n) is 10.8. The smallest absolute Gasteiger partial charge is 0.323 e. The van der Waals surface area contributed by atoms with Gasteiger partial charge in [0.1, 0.15) is 24.2 Å². The average Bonchev–Trinajstić information content (AvgIpc) is 3.20. The maximum atomic E-state index is 12.1. The van der Waals surface area contributed by atoms with Gasteiger partial charge in [-0.05, 0) is 56.1 Å². The summed E-state index contributed by atoms with van der Waals surface area (Å²) >= 11 is 0. The molecule has 162 valence electrons. The van der Waals surface area contributed by atoms with Gasteiger partial charge in [-0.3, -0.25) is 4.79 Å². The number of rotatable bonds is 8. The Morgan fingerprint density at radius 3 is 2.68 bits per heavy atom. The number of esters is 1. The lowest BCUT2D eigenvalue weighted by Gasteiger charge is -2.21. The summed E-state index contributed by atoms with van der Waals surface area (Å²) in [6.45, 7) is 3.59. The number of piperidine rings is 1. The molecule has 1 unspecified atom stereocenters. The third-order valence-corrected chi connectivity index (χ3v) is 5.42. The summed E-state index contributed by atoms with van der Waals surface area (Å²) in [6.07, 6.45) is 3.70. The summed E-state index contributed by atoms with van der Waals surface area (Å²) in [6, 6.07) is 17.3. The number of aryl methyl sites for hydroxylation is 1. The molecule has 0 spiro atoms. The molecule has 1 saturated heterocycles. The minimum atomic E-state index is -0.169. The standard InChI is InChI=1S/C25H28N2O4/c1-18-22(27-24(31-18)20-7-3-2-4-8-20)14-16-29-21-12-10-19(11-13-21)17-30-25(28)23-9-5-6-15-26-23/h2-4,7-8,10-13,23,26H,5-6,9,14-17H2,1H3. The summed E-state index contributed by atoms with van der Waals surface area (Å²) in [5, 5.41) is 3.21. The number of oxazole rings is 1. The van der Waals surface area contributed by atoms with Crippen LogP contribution in [0.3, 0.4) is 0 Å². The van der Waals surface area contributed by atoms with Gasteiger partial charge < -0.3 is 19.2 Å². The van der Waals surface area contributed by atoms with E-state index >= 15 is 0 Å². The summed E-state index contributed by atoms with van der Waals surface area (Å²) in [4.78, 5) is 16.7. The molecule has 6 nitrogen and oxygen atoms in total. The molecule has 2 heterocycles. The highest BCUT2D eigenvalue weighted by molar-refractivity contribution is 5.75. The molecule has 31 heavy (non-hydrogen) atoms. The van der Waals surface area contributed by atoms with Crippen molar-refractivity contribution in [2.24, 2.45) is 0 Å². The van der Waals surface area contributed by atoms with Crippen LogP contribution in [-0.4, -0.2) is 30.1 Å². The zero-order valence-electron chi connectivity index (χ0n) is 17.8. The van der Waals surface area contributed by atoms with Crippen molar-refractivity contribution in [2.75, 3.05) is 13.2 Å². The van der Waals surface area contributed by atoms with Gasteiger partial charge in [0.05, 0.1) is 12.3 Å². The molecular weight excluding hydrogens is 392 g/mol. The predicted molar refractivity (Wildman–Crippen MR) is 118 cm³/mol. The maximum Gasteiger partial charge on any atom is 0.323 e. The van der Waals surface area contributed by atoms with Crippen LogP contribution in [0.1, 0.15) is 36.3 Å². The Kier molecular flexibility index (Phi) is 6.99. The number of hydrogen-bond donors (Lipinski definition) is 1. The Balaban J connectivity index is 1.23. The van der Waals surface area contributed by atoms with Crippen LogP contribution in [0.4, 0.5) is 0 Å². The van der Waals surface area contributed by atoms with Crippen LogP contribution >= 0.6 is 0 Å². The van der Waals surface area contributed by atoms with E-state index in [1.165, 1.54) is 0 Å². The first-order chi connectivity index (χ1) is 15.2. The third-order valence-electron chi connectivity index (χ3n) is 5.42. The summed E-state index contributed by atoms with van der Waals surface area (Å²) in [5.41, 5.74) is 2.81. The van der Waals surface area contributed by atoms with E-state index in [9.17, 15) is 4.79 Å². The van der Waals surface area contributed by atoms with Crippen molar-refractivity contribution >= 4 is 5.97 Å². The SMILES string of the molecule is Cc1oc(-c2ccccc2)nc1CCOc1ccc(COC(=O)C2CCCCN2)cc1. The number of hydrogen-bond acceptors (Lipinski definition) is 6. The average molecular weight is 421 g/mol. The van der Waals surface area contributed by atoms with Crippen LogP contribution in [0.2, 0.25) is 0 Å². The lowest BCUT2D eigenvalue weighted by Crippen LogP contribution is -2.41. The van der Waals surface area contributed by atoms with Gasteiger partial charge in [-0.1, -0.05) is 36.8 Å². The molecule has 1 N–H and O–H groups in total. The van der Waals surface area contributed by atoms with Gasteiger partial charge in [0.2, 0.25) is 5.89 Å². The molecule has 1 aromatic heterocycles. The Hall–Kier alpha value is -3.12. The van der Waals surface area contributed by atoms with E-state index in [2.05, 4.69) is 10.3 Å². The van der Waals surface area contributed by atoms with E-state index in [4.69, 9.17) is 13.9 Å². The fourth-order valence-electron chi connectivity index (χ4n) is 3.62. The summed E-state index contributed by atoms with van der Waals surface area (Å²) in [5.74, 6) is 2.05. The molecule has 0 bridgehead atoms. The topological polar surface area (TPSA) is 73.6 Å². The van der Waals surface area contributed by atoms with Gasteiger partial charge in [-0.25, -0.2) is 4.98 Å².